The van der Waals surface area contributed by atoms with Crippen molar-refractivity contribution in [3.63, 3.8) is 0 Å². The summed E-state index contributed by atoms with van der Waals surface area (Å²) in [6.45, 7) is 8.59. The number of piperazine rings is 1. The lowest BCUT2D eigenvalue weighted by Gasteiger charge is -2.31. The lowest BCUT2D eigenvalue weighted by molar-refractivity contribution is -0.892. The van der Waals surface area contributed by atoms with E-state index in [2.05, 4.69) is 60.5 Å². The van der Waals surface area contributed by atoms with Crippen LogP contribution in [0.5, 0.6) is 0 Å². The molecule has 0 unspecified atom stereocenters. The minimum atomic E-state index is 0.115. The van der Waals surface area contributed by atoms with Crippen LogP contribution < -0.4 is 15.1 Å². The zero-order valence-corrected chi connectivity index (χ0v) is 18.0. The number of nitrogens with one attached hydrogen (secondary N) is 2. The molecule has 1 aliphatic heterocycles. The summed E-state index contributed by atoms with van der Waals surface area (Å²) in [6.07, 6.45) is 1.86. The first kappa shape index (κ1) is 19.9. The number of rotatable bonds is 6. The molecule has 0 radical (unpaired) electrons. The number of quaternary nitrogens is 1. The number of amides is 1. The molecule has 152 valence electrons. The number of carbonyl (C=O) groups excluding carboxylic acids is 1. The maximum atomic E-state index is 12.7. The number of hydrogen-bond acceptors (Lipinski definition) is 4. The van der Waals surface area contributed by atoms with Crippen LogP contribution in [0, 0.1) is 0 Å². The number of nitrogens with zero attached hydrogens (tertiary/aromatic N) is 2. The fourth-order valence-electron chi connectivity index (χ4n) is 4.00. The van der Waals surface area contributed by atoms with Crippen LogP contribution in [0.25, 0.3) is 10.2 Å². The zero-order valence-electron chi connectivity index (χ0n) is 17.2. The average Bonchev–Trinajstić information content (AvgIpc) is 3.18. The van der Waals surface area contributed by atoms with Gasteiger partial charge in [0, 0.05) is 5.69 Å². The van der Waals surface area contributed by atoms with Crippen molar-refractivity contribution in [1.29, 1.82) is 0 Å². The summed E-state index contributed by atoms with van der Waals surface area (Å²) in [7, 11) is 0. The molecule has 0 saturated carbocycles. The molecular formula is C23H29N4OS+. The molecule has 6 heteroatoms. The maximum absolute atomic E-state index is 12.7. The van der Waals surface area contributed by atoms with E-state index in [0.717, 1.165) is 55.4 Å². The average molecular weight is 410 g/mol. The minimum Gasteiger partial charge on any atom is -0.337 e. The molecular weight excluding hydrogens is 380 g/mol. The first-order chi connectivity index (χ1) is 14.2. The van der Waals surface area contributed by atoms with E-state index in [1.165, 1.54) is 20.7 Å². The van der Waals surface area contributed by atoms with Crippen LogP contribution in [0.3, 0.4) is 0 Å². The fraction of sp³-hybridized carbons (Fsp3) is 0.391. The predicted molar refractivity (Wildman–Crippen MR) is 121 cm³/mol. The second-order valence-corrected chi connectivity index (χ2v) is 8.59. The Balaban J connectivity index is 1.34. The van der Waals surface area contributed by atoms with Gasteiger partial charge in [0.25, 0.3) is 5.91 Å². The Morgan fingerprint density at radius 3 is 2.41 bits per heavy atom. The van der Waals surface area contributed by atoms with Gasteiger partial charge in [-0.25, -0.2) is 4.98 Å². The molecule has 4 rings (SSSR count). The molecule has 5 nitrogen and oxygen atoms in total. The lowest BCUT2D eigenvalue weighted by atomic mass is 10.0. The number of aryl methyl sites for hydroxylation is 2. The molecule has 0 atom stereocenters. The normalized spacial score (nSPS) is 15.0. The minimum absolute atomic E-state index is 0.115. The van der Waals surface area contributed by atoms with Crippen LogP contribution in [0.4, 0.5) is 10.8 Å². The molecule has 3 aromatic rings. The summed E-state index contributed by atoms with van der Waals surface area (Å²) in [5, 5.41) is 4.30. The van der Waals surface area contributed by atoms with Crippen molar-refractivity contribution in [3.05, 3.63) is 53.6 Å². The highest BCUT2D eigenvalue weighted by molar-refractivity contribution is 7.22. The van der Waals surface area contributed by atoms with Gasteiger partial charge in [-0.3, -0.25) is 4.79 Å². The number of benzene rings is 2. The first-order valence-corrected chi connectivity index (χ1v) is 11.3. The van der Waals surface area contributed by atoms with E-state index in [1.54, 1.807) is 11.3 Å². The summed E-state index contributed by atoms with van der Waals surface area (Å²) >= 11 is 1.76. The van der Waals surface area contributed by atoms with Crippen LogP contribution in [0.15, 0.2) is 42.5 Å². The largest absolute Gasteiger partial charge is 0.337 e. The van der Waals surface area contributed by atoms with E-state index in [4.69, 9.17) is 4.98 Å². The summed E-state index contributed by atoms with van der Waals surface area (Å²) in [5.74, 6) is 0.115. The smallest absolute Gasteiger partial charge is 0.279 e. The van der Waals surface area contributed by atoms with Gasteiger partial charge in [-0.15, -0.1) is 0 Å². The number of para-hydroxylation sites is 2. The van der Waals surface area contributed by atoms with Crippen molar-refractivity contribution >= 4 is 38.3 Å². The Morgan fingerprint density at radius 1 is 1.07 bits per heavy atom. The van der Waals surface area contributed by atoms with Crippen LogP contribution in [0.1, 0.15) is 25.0 Å². The number of thiazole rings is 1. The quantitative estimate of drug-likeness (QED) is 0.658. The standard InChI is InChI=1S/C23H28N4OS/c1-3-17-8-7-9-18(4-2)22(17)25-21(28)16-26-12-14-27(15-13-26)23-24-19-10-5-6-11-20(19)29-23/h5-11H,3-4,12-16H2,1-2H3,(H,25,28)/p+1. The number of carbonyl (C=O) groups is 1. The van der Waals surface area contributed by atoms with Crippen molar-refractivity contribution in [2.45, 2.75) is 26.7 Å². The van der Waals surface area contributed by atoms with Crippen LogP contribution in [-0.4, -0.2) is 43.6 Å². The molecule has 1 amide bonds. The molecule has 1 aliphatic rings. The summed E-state index contributed by atoms with van der Waals surface area (Å²) < 4.78 is 1.23. The van der Waals surface area contributed by atoms with Gasteiger partial charge in [-0.1, -0.05) is 55.5 Å². The van der Waals surface area contributed by atoms with Crippen molar-refractivity contribution in [2.75, 3.05) is 42.9 Å². The molecule has 2 heterocycles. The highest BCUT2D eigenvalue weighted by Crippen LogP contribution is 2.28. The van der Waals surface area contributed by atoms with Crippen LogP contribution >= 0.6 is 11.3 Å². The van der Waals surface area contributed by atoms with Gasteiger partial charge in [-0.05, 0) is 36.1 Å². The molecule has 29 heavy (non-hydrogen) atoms. The number of anilines is 2. The Bertz CT molecular complexity index is 936. The van der Waals surface area contributed by atoms with E-state index >= 15 is 0 Å². The van der Waals surface area contributed by atoms with E-state index in [0.29, 0.717) is 6.54 Å². The molecule has 0 spiro atoms. The third-order valence-corrected chi connectivity index (χ3v) is 6.79. The second-order valence-electron chi connectivity index (χ2n) is 7.58. The second kappa shape index (κ2) is 8.93. The molecule has 1 fully saturated rings. The number of aromatic nitrogens is 1. The number of hydrogen-bond donors (Lipinski definition) is 2. The molecule has 2 N–H and O–H groups in total. The maximum Gasteiger partial charge on any atom is 0.279 e. The summed E-state index contributed by atoms with van der Waals surface area (Å²) in [4.78, 5) is 21.2. The van der Waals surface area contributed by atoms with E-state index < -0.39 is 0 Å². The third kappa shape index (κ3) is 4.43. The highest BCUT2D eigenvalue weighted by atomic mass is 32.1. The summed E-state index contributed by atoms with van der Waals surface area (Å²) in [6, 6.07) is 14.6. The lowest BCUT2D eigenvalue weighted by Crippen LogP contribution is -3.15. The SMILES string of the molecule is CCc1cccc(CC)c1NC(=O)C[NH+]1CCN(c2nc3ccccc3s2)CC1. The van der Waals surface area contributed by atoms with Crippen molar-refractivity contribution in [2.24, 2.45) is 0 Å². The Kier molecular flexibility index (Phi) is 6.11. The highest BCUT2D eigenvalue weighted by Gasteiger charge is 2.24. The van der Waals surface area contributed by atoms with Crippen LogP contribution in [0.2, 0.25) is 0 Å². The molecule has 1 aromatic heterocycles. The van der Waals surface area contributed by atoms with Crippen molar-refractivity contribution in [1.82, 2.24) is 4.98 Å². The molecule has 0 bridgehead atoms. The number of fused-ring (bicyclic) bond motifs is 1. The first-order valence-electron chi connectivity index (χ1n) is 10.5. The Hall–Kier alpha value is -2.44. The van der Waals surface area contributed by atoms with E-state index in [9.17, 15) is 4.79 Å². The Morgan fingerprint density at radius 2 is 1.76 bits per heavy atom. The van der Waals surface area contributed by atoms with Gasteiger partial charge in [0.05, 0.1) is 36.4 Å². The topological polar surface area (TPSA) is 49.7 Å². The van der Waals surface area contributed by atoms with Gasteiger partial charge in [0.15, 0.2) is 11.7 Å². The van der Waals surface area contributed by atoms with Gasteiger partial charge in [0.1, 0.15) is 0 Å². The fourth-order valence-corrected chi connectivity index (χ4v) is 5.02. The van der Waals surface area contributed by atoms with Gasteiger partial charge < -0.3 is 15.1 Å². The molecule has 0 aliphatic carbocycles. The summed E-state index contributed by atoms with van der Waals surface area (Å²) in [5.41, 5.74) is 4.53. The van der Waals surface area contributed by atoms with Crippen molar-refractivity contribution < 1.29 is 9.69 Å². The molecule has 1 saturated heterocycles. The Labute approximate surface area is 176 Å². The van der Waals surface area contributed by atoms with Gasteiger partial charge in [-0.2, -0.15) is 0 Å². The predicted octanol–water partition coefficient (Wildman–Crippen LogP) is 2.76. The zero-order chi connectivity index (χ0) is 20.2. The van der Waals surface area contributed by atoms with Gasteiger partial charge >= 0.3 is 0 Å². The van der Waals surface area contributed by atoms with E-state index in [1.807, 2.05) is 6.07 Å². The third-order valence-electron chi connectivity index (χ3n) is 5.70. The van der Waals surface area contributed by atoms with Crippen molar-refractivity contribution in [3.8, 4) is 0 Å². The van der Waals surface area contributed by atoms with Gasteiger partial charge in [0.2, 0.25) is 0 Å². The molecule has 2 aromatic carbocycles. The van der Waals surface area contributed by atoms with E-state index in [-0.39, 0.29) is 5.91 Å². The van der Waals surface area contributed by atoms with Crippen LogP contribution in [-0.2, 0) is 17.6 Å². The monoisotopic (exact) mass is 409 g/mol.